The third kappa shape index (κ3) is 1.45. The summed E-state index contributed by atoms with van der Waals surface area (Å²) in [7, 11) is 0. The summed E-state index contributed by atoms with van der Waals surface area (Å²) in [5, 5.41) is 0. The molecule has 0 radical (unpaired) electrons. The number of halogens is 1. The maximum atomic E-state index is 6.08. The Bertz CT molecular complexity index is 366. The monoisotopic (exact) mass is 268 g/mol. The van der Waals surface area contributed by atoms with E-state index in [1.807, 2.05) is 6.20 Å². The van der Waals surface area contributed by atoms with Crippen molar-refractivity contribution in [2.75, 3.05) is 4.90 Å². The molecule has 3 atom stereocenters. The molecule has 1 aromatic heterocycles. The number of hydrogen-bond donors (Lipinski definition) is 1. The average Bonchev–Trinajstić information content (AvgIpc) is 2.75. The minimum absolute atomic E-state index is 0.314. The second-order valence-electron chi connectivity index (χ2n) is 4.30. The quantitative estimate of drug-likeness (QED) is 0.835. The summed E-state index contributed by atoms with van der Waals surface area (Å²) in [6, 6.07) is 1.38. The Morgan fingerprint density at radius 2 is 2.20 bits per heavy atom. The summed E-state index contributed by atoms with van der Waals surface area (Å²) in [5.41, 5.74) is 6.08. The second kappa shape index (κ2) is 3.42. The fourth-order valence-corrected chi connectivity index (χ4v) is 3.04. The number of hydrogen-bond acceptors (Lipinski definition) is 4. The van der Waals surface area contributed by atoms with Crippen LogP contribution in [0.1, 0.15) is 19.3 Å². The molecule has 3 heterocycles. The normalized spacial score (nSPS) is 33.7. The first kappa shape index (κ1) is 9.54. The molecule has 2 fully saturated rings. The Balaban J connectivity index is 1.92. The van der Waals surface area contributed by atoms with Crippen LogP contribution in [0.2, 0.25) is 0 Å². The zero-order valence-electron chi connectivity index (χ0n) is 8.31. The first-order chi connectivity index (χ1) is 7.25. The van der Waals surface area contributed by atoms with E-state index in [4.69, 9.17) is 5.73 Å². The lowest BCUT2D eigenvalue weighted by Gasteiger charge is -2.23. The van der Waals surface area contributed by atoms with Gasteiger partial charge >= 0.3 is 0 Å². The number of aromatic nitrogens is 2. The molecule has 0 saturated carbocycles. The summed E-state index contributed by atoms with van der Waals surface area (Å²) >= 11 is 3.29. The van der Waals surface area contributed by atoms with E-state index in [-0.39, 0.29) is 0 Å². The summed E-state index contributed by atoms with van der Waals surface area (Å²) in [5.74, 6) is 0.971. The number of fused-ring (bicyclic) bond motifs is 2. The van der Waals surface area contributed by atoms with Gasteiger partial charge in [-0.3, -0.25) is 0 Å². The van der Waals surface area contributed by atoms with Gasteiger partial charge in [0.05, 0.1) is 12.4 Å². The van der Waals surface area contributed by atoms with Crippen molar-refractivity contribution in [3.8, 4) is 0 Å². The predicted octanol–water partition coefficient (Wildman–Crippen LogP) is 1.31. The van der Waals surface area contributed by atoms with Gasteiger partial charge in [-0.1, -0.05) is 0 Å². The van der Waals surface area contributed by atoms with Gasteiger partial charge in [-0.25, -0.2) is 9.97 Å². The fraction of sp³-hybridized carbons (Fsp3) is 0.600. The lowest BCUT2D eigenvalue weighted by Crippen LogP contribution is -2.37. The zero-order chi connectivity index (χ0) is 10.4. The van der Waals surface area contributed by atoms with Gasteiger partial charge in [-0.2, -0.15) is 0 Å². The van der Waals surface area contributed by atoms with Crippen LogP contribution in [-0.4, -0.2) is 28.1 Å². The van der Waals surface area contributed by atoms with Crippen LogP contribution in [0.5, 0.6) is 0 Å². The molecule has 2 saturated heterocycles. The van der Waals surface area contributed by atoms with Gasteiger partial charge in [0.25, 0.3) is 0 Å². The van der Waals surface area contributed by atoms with Gasteiger partial charge in [0.1, 0.15) is 10.4 Å². The topological polar surface area (TPSA) is 55.0 Å². The third-order valence-electron chi connectivity index (χ3n) is 3.46. The van der Waals surface area contributed by atoms with Crippen molar-refractivity contribution in [2.24, 2.45) is 5.73 Å². The van der Waals surface area contributed by atoms with Crippen LogP contribution < -0.4 is 10.6 Å². The molecule has 2 N–H and O–H groups in total. The SMILES string of the molecule is N[C@@H]1C[C@H]2CC[C@@H]1N2c1cnc(Br)cn1. The van der Waals surface area contributed by atoms with Crippen molar-refractivity contribution in [1.29, 1.82) is 0 Å². The molecule has 80 valence electrons. The molecule has 0 spiro atoms. The van der Waals surface area contributed by atoms with E-state index >= 15 is 0 Å². The largest absolute Gasteiger partial charge is 0.348 e. The van der Waals surface area contributed by atoms with Gasteiger partial charge in [0, 0.05) is 18.1 Å². The summed E-state index contributed by atoms with van der Waals surface area (Å²) < 4.78 is 0.780. The number of nitrogens with two attached hydrogens (primary N) is 1. The Kier molecular flexibility index (Phi) is 2.17. The molecule has 15 heavy (non-hydrogen) atoms. The molecule has 2 aliphatic rings. The van der Waals surface area contributed by atoms with Gasteiger partial charge in [-0.15, -0.1) is 0 Å². The van der Waals surface area contributed by atoms with Crippen LogP contribution in [0, 0.1) is 0 Å². The first-order valence-corrected chi connectivity index (χ1v) is 6.06. The molecule has 1 aromatic rings. The minimum atomic E-state index is 0.314. The van der Waals surface area contributed by atoms with E-state index in [0.717, 1.165) is 16.8 Å². The molecular weight excluding hydrogens is 256 g/mol. The molecule has 5 heteroatoms. The standard InChI is InChI=1S/C10H13BrN4/c11-9-4-14-10(5-13-9)15-6-1-2-8(15)7(12)3-6/h4-8H,1-3,12H2/t6-,7-,8+/m1/s1. The molecular formula is C10H13BrN4. The van der Waals surface area contributed by atoms with Crippen molar-refractivity contribution in [3.05, 3.63) is 17.0 Å². The van der Waals surface area contributed by atoms with E-state index in [9.17, 15) is 0 Å². The molecule has 3 rings (SSSR count). The summed E-state index contributed by atoms with van der Waals surface area (Å²) in [6.45, 7) is 0. The highest BCUT2D eigenvalue weighted by atomic mass is 79.9. The van der Waals surface area contributed by atoms with Crippen molar-refractivity contribution >= 4 is 21.7 Å². The number of anilines is 1. The molecule has 2 bridgehead atoms. The van der Waals surface area contributed by atoms with Gasteiger partial charge in [0.2, 0.25) is 0 Å². The lowest BCUT2D eigenvalue weighted by molar-refractivity contribution is 0.503. The van der Waals surface area contributed by atoms with Gasteiger partial charge in [0.15, 0.2) is 0 Å². The van der Waals surface area contributed by atoms with E-state index in [0.29, 0.717) is 18.1 Å². The minimum Gasteiger partial charge on any atom is -0.348 e. The van der Waals surface area contributed by atoms with Crippen molar-refractivity contribution in [3.63, 3.8) is 0 Å². The Morgan fingerprint density at radius 3 is 2.73 bits per heavy atom. The molecule has 2 aliphatic heterocycles. The highest BCUT2D eigenvalue weighted by Crippen LogP contribution is 2.39. The van der Waals surface area contributed by atoms with Gasteiger partial charge in [-0.05, 0) is 35.2 Å². The van der Waals surface area contributed by atoms with Crippen LogP contribution in [0.4, 0.5) is 5.82 Å². The van der Waals surface area contributed by atoms with E-state index in [2.05, 4.69) is 30.8 Å². The highest BCUT2D eigenvalue weighted by Gasteiger charge is 2.45. The molecule has 4 nitrogen and oxygen atoms in total. The van der Waals surface area contributed by atoms with Crippen LogP contribution in [-0.2, 0) is 0 Å². The highest BCUT2D eigenvalue weighted by molar-refractivity contribution is 9.10. The second-order valence-corrected chi connectivity index (χ2v) is 5.12. The van der Waals surface area contributed by atoms with Crippen LogP contribution in [0.15, 0.2) is 17.0 Å². The predicted molar refractivity (Wildman–Crippen MR) is 61.6 cm³/mol. The van der Waals surface area contributed by atoms with E-state index in [1.54, 1.807) is 6.20 Å². The Labute approximate surface area is 97.0 Å². The number of rotatable bonds is 1. The summed E-state index contributed by atoms with van der Waals surface area (Å²) in [6.07, 6.45) is 7.12. The smallest absolute Gasteiger partial charge is 0.147 e. The van der Waals surface area contributed by atoms with Crippen molar-refractivity contribution in [2.45, 2.75) is 37.4 Å². The molecule has 0 aliphatic carbocycles. The third-order valence-corrected chi connectivity index (χ3v) is 3.87. The molecule has 0 aromatic carbocycles. The molecule has 0 unspecified atom stereocenters. The maximum Gasteiger partial charge on any atom is 0.147 e. The van der Waals surface area contributed by atoms with E-state index in [1.165, 1.54) is 12.8 Å². The van der Waals surface area contributed by atoms with Gasteiger partial charge < -0.3 is 10.6 Å². The van der Waals surface area contributed by atoms with Crippen LogP contribution in [0.25, 0.3) is 0 Å². The van der Waals surface area contributed by atoms with Crippen molar-refractivity contribution < 1.29 is 0 Å². The molecule has 0 amide bonds. The lowest BCUT2D eigenvalue weighted by atomic mass is 9.97. The Hall–Kier alpha value is -0.680. The maximum absolute atomic E-state index is 6.08. The summed E-state index contributed by atoms with van der Waals surface area (Å²) in [4.78, 5) is 11.0. The van der Waals surface area contributed by atoms with Crippen LogP contribution >= 0.6 is 15.9 Å². The zero-order valence-corrected chi connectivity index (χ0v) is 9.89. The van der Waals surface area contributed by atoms with Crippen molar-refractivity contribution in [1.82, 2.24) is 9.97 Å². The number of nitrogens with zero attached hydrogens (tertiary/aromatic N) is 3. The first-order valence-electron chi connectivity index (χ1n) is 5.27. The van der Waals surface area contributed by atoms with E-state index < -0.39 is 0 Å². The van der Waals surface area contributed by atoms with Crippen LogP contribution in [0.3, 0.4) is 0 Å². The Morgan fingerprint density at radius 1 is 1.33 bits per heavy atom. The average molecular weight is 269 g/mol. The fourth-order valence-electron chi connectivity index (χ4n) is 2.83.